The molecule has 0 aliphatic rings. The fraction of sp³-hybridized carbons (Fsp3) is 0. The standard InChI is InChI=1S/C21H13N5O2S2/c27-19(13-6-8-15-16(10-13)26-30-25-15)24-21(29)22-14-7-9-18-17(11-14)23-20(28-18)12-4-2-1-3-5-12/h1-11H,(H2,22,24,27,29). The number of aromatic nitrogens is 3. The highest BCUT2D eigenvalue weighted by Gasteiger charge is 2.12. The molecule has 0 atom stereocenters. The van der Waals surface area contributed by atoms with Gasteiger partial charge in [0.05, 0.1) is 11.7 Å². The van der Waals surface area contributed by atoms with E-state index in [0.717, 1.165) is 22.8 Å². The highest BCUT2D eigenvalue weighted by Crippen LogP contribution is 2.26. The largest absolute Gasteiger partial charge is 0.436 e. The van der Waals surface area contributed by atoms with Crippen LogP contribution in [-0.2, 0) is 0 Å². The van der Waals surface area contributed by atoms with Gasteiger partial charge in [-0.3, -0.25) is 10.1 Å². The first-order chi connectivity index (χ1) is 14.7. The van der Waals surface area contributed by atoms with E-state index in [9.17, 15) is 4.79 Å². The zero-order chi connectivity index (χ0) is 20.5. The maximum atomic E-state index is 12.5. The summed E-state index contributed by atoms with van der Waals surface area (Å²) < 4.78 is 14.1. The maximum absolute atomic E-state index is 12.5. The Labute approximate surface area is 180 Å². The molecule has 7 nitrogen and oxygen atoms in total. The van der Waals surface area contributed by atoms with Crippen LogP contribution in [0.2, 0.25) is 0 Å². The molecule has 2 N–H and O–H groups in total. The Hall–Kier alpha value is -3.69. The molecule has 2 heterocycles. The Morgan fingerprint density at radius 1 is 0.933 bits per heavy atom. The van der Waals surface area contributed by atoms with Crippen molar-refractivity contribution in [2.45, 2.75) is 0 Å². The summed E-state index contributed by atoms with van der Waals surface area (Å²) in [5.74, 6) is 0.224. The number of carbonyl (C=O) groups is 1. The van der Waals surface area contributed by atoms with Gasteiger partial charge in [-0.15, -0.1) is 0 Å². The number of fused-ring (bicyclic) bond motifs is 2. The molecule has 3 aromatic carbocycles. The zero-order valence-corrected chi connectivity index (χ0v) is 17.0. The van der Waals surface area contributed by atoms with Crippen molar-refractivity contribution < 1.29 is 9.21 Å². The smallest absolute Gasteiger partial charge is 0.257 e. The average Bonchev–Trinajstić information content (AvgIpc) is 3.40. The van der Waals surface area contributed by atoms with Crippen LogP contribution in [0.3, 0.4) is 0 Å². The number of oxazole rings is 1. The summed E-state index contributed by atoms with van der Waals surface area (Å²) in [4.78, 5) is 17.0. The lowest BCUT2D eigenvalue weighted by molar-refractivity contribution is 0.0978. The molecule has 0 aliphatic carbocycles. The molecule has 0 bridgehead atoms. The fourth-order valence-electron chi connectivity index (χ4n) is 2.97. The Bertz CT molecular complexity index is 1390. The number of anilines is 1. The van der Waals surface area contributed by atoms with Gasteiger partial charge in [0.1, 0.15) is 16.6 Å². The van der Waals surface area contributed by atoms with Crippen LogP contribution in [0, 0.1) is 0 Å². The van der Waals surface area contributed by atoms with Crippen molar-refractivity contribution in [1.29, 1.82) is 0 Å². The molecule has 0 unspecified atom stereocenters. The van der Waals surface area contributed by atoms with Gasteiger partial charge in [0.2, 0.25) is 5.89 Å². The van der Waals surface area contributed by atoms with Crippen LogP contribution in [0.25, 0.3) is 33.6 Å². The molecule has 5 aromatic rings. The summed E-state index contributed by atoms with van der Waals surface area (Å²) >= 11 is 6.39. The van der Waals surface area contributed by atoms with E-state index < -0.39 is 0 Å². The molecule has 1 amide bonds. The summed E-state index contributed by atoms with van der Waals surface area (Å²) in [6.07, 6.45) is 0. The normalized spacial score (nSPS) is 10.9. The van der Waals surface area contributed by atoms with Crippen molar-refractivity contribution in [2.75, 3.05) is 5.32 Å². The summed E-state index contributed by atoms with van der Waals surface area (Å²) in [6.45, 7) is 0. The molecule has 5 rings (SSSR count). The van der Waals surface area contributed by atoms with Crippen LogP contribution in [0.1, 0.15) is 10.4 Å². The van der Waals surface area contributed by atoms with Gasteiger partial charge in [0, 0.05) is 16.8 Å². The third-order valence-corrected chi connectivity index (χ3v) is 5.17. The molecule has 146 valence electrons. The van der Waals surface area contributed by atoms with Crippen LogP contribution in [0.4, 0.5) is 5.69 Å². The van der Waals surface area contributed by atoms with E-state index in [1.54, 1.807) is 18.2 Å². The molecule has 30 heavy (non-hydrogen) atoms. The number of rotatable bonds is 3. The number of amides is 1. The minimum absolute atomic E-state index is 0.183. The van der Waals surface area contributed by atoms with Gasteiger partial charge >= 0.3 is 0 Å². The Morgan fingerprint density at radius 2 is 1.77 bits per heavy atom. The van der Waals surface area contributed by atoms with Crippen molar-refractivity contribution in [2.24, 2.45) is 0 Å². The van der Waals surface area contributed by atoms with Crippen LogP contribution < -0.4 is 10.6 Å². The minimum Gasteiger partial charge on any atom is -0.436 e. The van der Waals surface area contributed by atoms with E-state index in [4.69, 9.17) is 16.6 Å². The van der Waals surface area contributed by atoms with Crippen LogP contribution in [0.5, 0.6) is 0 Å². The third-order valence-electron chi connectivity index (χ3n) is 4.41. The second-order valence-corrected chi connectivity index (χ2v) is 7.38. The Balaban J connectivity index is 1.30. The van der Waals surface area contributed by atoms with Crippen molar-refractivity contribution in [3.05, 3.63) is 72.3 Å². The summed E-state index contributed by atoms with van der Waals surface area (Å²) in [7, 11) is 0. The molecular weight excluding hydrogens is 418 g/mol. The molecule has 2 aromatic heterocycles. The lowest BCUT2D eigenvalue weighted by Gasteiger charge is -2.09. The average molecular weight is 432 g/mol. The highest BCUT2D eigenvalue weighted by molar-refractivity contribution is 7.80. The SMILES string of the molecule is O=C(NC(=S)Nc1ccc2oc(-c3ccccc3)nc2c1)c1ccc2nsnc2c1. The van der Waals surface area contributed by atoms with E-state index >= 15 is 0 Å². The first kappa shape index (κ1) is 18.3. The van der Waals surface area contributed by atoms with Gasteiger partial charge in [-0.2, -0.15) is 8.75 Å². The monoisotopic (exact) mass is 431 g/mol. The van der Waals surface area contributed by atoms with E-state index in [1.807, 2.05) is 48.5 Å². The Kier molecular flexibility index (Phi) is 4.66. The number of carbonyl (C=O) groups excluding carboxylic acids is 1. The lowest BCUT2D eigenvalue weighted by atomic mass is 10.2. The zero-order valence-electron chi connectivity index (χ0n) is 15.3. The van der Waals surface area contributed by atoms with E-state index in [1.165, 1.54) is 0 Å². The number of thiocarbonyl (C=S) groups is 1. The molecule has 0 fully saturated rings. The molecule has 9 heteroatoms. The predicted molar refractivity (Wildman–Crippen MR) is 121 cm³/mol. The number of hydrogen-bond acceptors (Lipinski definition) is 7. The molecule has 0 saturated heterocycles. The van der Waals surface area contributed by atoms with Crippen LogP contribution in [-0.4, -0.2) is 24.8 Å². The van der Waals surface area contributed by atoms with E-state index in [0.29, 0.717) is 33.8 Å². The van der Waals surface area contributed by atoms with Crippen molar-refractivity contribution in [1.82, 2.24) is 19.0 Å². The minimum atomic E-state index is -0.323. The van der Waals surface area contributed by atoms with Gasteiger partial charge in [0.25, 0.3) is 5.91 Å². The molecule has 0 radical (unpaired) electrons. The first-order valence-corrected chi connectivity index (χ1v) is 10.1. The molecular formula is C21H13N5O2S2. The van der Waals surface area contributed by atoms with E-state index in [2.05, 4.69) is 24.4 Å². The molecule has 0 saturated carbocycles. The second-order valence-electron chi connectivity index (χ2n) is 6.44. The van der Waals surface area contributed by atoms with Gasteiger partial charge in [-0.05, 0) is 60.7 Å². The quantitative estimate of drug-likeness (QED) is 0.403. The van der Waals surface area contributed by atoms with E-state index in [-0.39, 0.29) is 11.0 Å². The van der Waals surface area contributed by atoms with Crippen molar-refractivity contribution in [3.8, 4) is 11.5 Å². The van der Waals surface area contributed by atoms with Gasteiger partial charge < -0.3 is 9.73 Å². The maximum Gasteiger partial charge on any atom is 0.257 e. The number of benzene rings is 3. The van der Waals surface area contributed by atoms with Gasteiger partial charge in [-0.25, -0.2) is 4.98 Å². The summed E-state index contributed by atoms with van der Waals surface area (Å²) in [5, 5.41) is 5.86. The van der Waals surface area contributed by atoms with Crippen molar-refractivity contribution in [3.63, 3.8) is 0 Å². The second kappa shape index (κ2) is 7.62. The van der Waals surface area contributed by atoms with Crippen LogP contribution >= 0.6 is 23.9 Å². The lowest BCUT2D eigenvalue weighted by Crippen LogP contribution is -2.34. The first-order valence-electron chi connectivity index (χ1n) is 8.96. The van der Waals surface area contributed by atoms with Crippen LogP contribution in [0.15, 0.2) is 71.1 Å². The molecule has 0 spiro atoms. The topological polar surface area (TPSA) is 92.9 Å². The number of hydrogen-bond donors (Lipinski definition) is 2. The number of nitrogens with zero attached hydrogens (tertiary/aromatic N) is 3. The van der Waals surface area contributed by atoms with Gasteiger partial charge in [0.15, 0.2) is 10.7 Å². The highest BCUT2D eigenvalue weighted by atomic mass is 32.1. The Morgan fingerprint density at radius 3 is 2.63 bits per heavy atom. The van der Waals surface area contributed by atoms with Gasteiger partial charge in [-0.1, -0.05) is 18.2 Å². The summed E-state index contributed by atoms with van der Waals surface area (Å²) in [6, 6.07) is 20.2. The number of nitrogens with one attached hydrogen (secondary N) is 2. The fourth-order valence-corrected chi connectivity index (χ4v) is 3.70. The summed E-state index contributed by atoms with van der Waals surface area (Å²) in [5.41, 5.74) is 4.84. The van der Waals surface area contributed by atoms with Crippen molar-refractivity contribution >= 4 is 62.8 Å². The predicted octanol–water partition coefficient (Wildman–Crippen LogP) is 4.63. The third kappa shape index (κ3) is 3.63. The molecule has 0 aliphatic heterocycles.